The number of nitrogens with one attached hydrogen (secondary N) is 1. The van der Waals surface area contributed by atoms with E-state index in [-0.39, 0.29) is 18.6 Å². The summed E-state index contributed by atoms with van der Waals surface area (Å²) < 4.78 is 5.10. The number of H-pyrrole nitrogens is 1. The van der Waals surface area contributed by atoms with E-state index in [1.54, 1.807) is 37.8 Å². The SMILES string of the molecule is CCOC(=O)c1c(C)[nH]c(C(=O)N(CC)C(C)c2ccc(C#N)cc2)c1C. The molecule has 0 bridgehead atoms. The van der Waals surface area contributed by atoms with Gasteiger partial charge in [-0.1, -0.05) is 12.1 Å². The summed E-state index contributed by atoms with van der Waals surface area (Å²) >= 11 is 0. The van der Waals surface area contributed by atoms with Crippen LogP contribution >= 0.6 is 0 Å². The van der Waals surface area contributed by atoms with Gasteiger partial charge in [0.2, 0.25) is 0 Å². The Morgan fingerprint density at radius 2 is 1.85 bits per heavy atom. The number of aromatic amines is 1. The Bertz CT molecular complexity index is 875. The average Bonchev–Trinajstić information content (AvgIpc) is 2.96. The number of aromatic nitrogens is 1. The van der Waals surface area contributed by atoms with Gasteiger partial charge in [-0.15, -0.1) is 0 Å². The molecule has 2 aromatic rings. The van der Waals surface area contributed by atoms with Crippen LogP contribution in [0.2, 0.25) is 0 Å². The second-order valence-corrected chi connectivity index (χ2v) is 6.35. The summed E-state index contributed by atoms with van der Waals surface area (Å²) in [6.07, 6.45) is 0. The number of amides is 1. The van der Waals surface area contributed by atoms with Crippen LogP contribution in [-0.2, 0) is 4.74 Å². The molecule has 0 saturated heterocycles. The number of rotatable bonds is 6. The van der Waals surface area contributed by atoms with Crippen molar-refractivity contribution in [2.24, 2.45) is 0 Å². The molecule has 2 rings (SSSR count). The molecule has 0 radical (unpaired) electrons. The van der Waals surface area contributed by atoms with E-state index >= 15 is 0 Å². The van der Waals surface area contributed by atoms with Gasteiger partial charge in [-0.25, -0.2) is 4.79 Å². The molecule has 1 atom stereocenters. The molecule has 0 aliphatic rings. The molecule has 0 spiro atoms. The summed E-state index contributed by atoms with van der Waals surface area (Å²) in [6.45, 7) is 9.91. The van der Waals surface area contributed by atoms with Crippen LogP contribution in [0, 0.1) is 25.2 Å². The van der Waals surface area contributed by atoms with Crippen LogP contribution in [0.1, 0.15) is 70.0 Å². The highest BCUT2D eigenvalue weighted by Gasteiger charge is 2.28. The minimum absolute atomic E-state index is 0.175. The predicted octanol–water partition coefficient (Wildman–Crippen LogP) is 3.90. The van der Waals surface area contributed by atoms with Gasteiger partial charge in [-0.3, -0.25) is 4.79 Å². The lowest BCUT2D eigenvalue weighted by Crippen LogP contribution is -2.34. The Labute approximate surface area is 159 Å². The van der Waals surface area contributed by atoms with Gasteiger partial charge in [0, 0.05) is 12.2 Å². The van der Waals surface area contributed by atoms with Gasteiger partial charge in [0.15, 0.2) is 0 Å². The fourth-order valence-electron chi connectivity index (χ4n) is 3.23. The maximum Gasteiger partial charge on any atom is 0.340 e. The number of aryl methyl sites for hydroxylation is 1. The normalized spacial score (nSPS) is 11.6. The highest BCUT2D eigenvalue weighted by atomic mass is 16.5. The van der Waals surface area contributed by atoms with Crippen LogP contribution in [0.3, 0.4) is 0 Å². The minimum atomic E-state index is -0.425. The lowest BCUT2D eigenvalue weighted by atomic mass is 10.0. The molecule has 0 fully saturated rings. The fraction of sp³-hybridized carbons (Fsp3) is 0.381. The Kier molecular flexibility index (Phi) is 6.40. The van der Waals surface area contributed by atoms with Crippen molar-refractivity contribution in [3.63, 3.8) is 0 Å². The Balaban J connectivity index is 2.35. The van der Waals surface area contributed by atoms with E-state index in [0.717, 1.165) is 5.56 Å². The van der Waals surface area contributed by atoms with Crippen LogP contribution < -0.4 is 0 Å². The number of carbonyl (C=O) groups is 2. The predicted molar refractivity (Wildman–Crippen MR) is 103 cm³/mol. The summed E-state index contributed by atoms with van der Waals surface area (Å²) in [6, 6.07) is 9.12. The lowest BCUT2D eigenvalue weighted by Gasteiger charge is -2.28. The second-order valence-electron chi connectivity index (χ2n) is 6.35. The number of hydrogen-bond acceptors (Lipinski definition) is 4. The van der Waals surface area contributed by atoms with Crippen molar-refractivity contribution < 1.29 is 14.3 Å². The van der Waals surface area contributed by atoms with E-state index in [9.17, 15) is 9.59 Å². The van der Waals surface area contributed by atoms with E-state index in [1.807, 2.05) is 26.0 Å². The van der Waals surface area contributed by atoms with Gasteiger partial charge in [0.1, 0.15) is 5.69 Å². The van der Waals surface area contributed by atoms with Crippen LogP contribution in [0.25, 0.3) is 0 Å². The first-order chi connectivity index (χ1) is 12.8. The van der Waals surface area contributed by atoms with E-state index in [1.165, 1.54) is 0 Å². The lowest BCUT2D eigenvalue weighted by molar-refractivity contribution is 0.0525. The minimum Gasteiger partial charge on any atom is -0.462 e. The van der Waals surface area contributed by atoms with Crippen molar-refractivity contribution >= 4 is 11.9 Å². The molecule has 27 heavy (non-hydrogen) atoms. The molecule has 1 N–H and O–H groups in total. The number of nitrogens with zero attached hydrogens (tertiary/aromatic N) is 2. The zero-order valence-corrected chi connectivity index (χ0v) is 16.4. The third-order valence-corrected chi connectivity index (χ3v) is 4.72. The van der Waals surface area contributed by atoms with Crippen LogP contribution in [0.5, 0.6) is 0 Å². The largest absolute Gasteiger partial charge is 0.462 e. The van der Waals surface area contributed by atoms with Crippen molar-refractivity contribution in [3.8, 4) is 6.07 Å². The maximum absolute atomic E-state index is 13.2. The van der Waals surface area contributed by atoms with Gasteiger partial charge in [0.25, 0.3) is 5.91 Å². The number of carbonyl (C=O) groups excluding carboxylic acids is 2. The third-order valence-electron chi connectivity index (χ3n) is 4.72. The van der Waals surface area contributed by atoms with Crippen molar-refractivity contribution in [3.05, 3.63) is 57.9 Å². The molecule has 1 amide bonds. The number of benzene rings is 1. The Morgan fingerprint density at radius 3 is 2.37 bits per heavy atom. The fourth-order valence-corrected chi connectivity index (χ4v) is 3.23. The van der Waals surface area contributed by atoms with E-state index in [2.05, 4.69) is 11.1 Å². The van der Waals surface area contributed by atoms with Gasteiger partial charge in [-0.2, -0.15) is 5.26 Å². The first-order valence-corrected chi connectivity index (χ1v) is 9.02. The molecule has 1 unspecified atom stereocenters. The molecule has 1 aromatic carbocycles. The molecule has 0 aliphatic carbocycles. The third kappa shape index (κ3) is 4.03. The monoisotopic (exact) mass is 367 g/mol. The van der Waals surface area contributed by atoms with Gasteiger partial charge in [-0.05, 0) is 57.9 Å². The summed E-state index contributed by atoms with van der Waals surface area (Å²) in [5, 5.41) is 8.94. The van der Waals surface area contributed by atoms with Gasteiger partial charge in [0.05, 0.1) is 29.8 Å². The van der Waals surface area contributed by atoms with Crippen molar-refractivity contribution in [2.75, 3.05) is 13.2 Å². The van der Waals surface area contributed by atoms with Crippen LogP contribution in [0.15, 0.2) is 24.3 Å². The molecule has 0 saturated carbocycles. The number of hydrogen-bond donors (Lipinski definition) is 1. The summed E-state index contributed by atoms with van der Waals surface area (Å²) in [5.41, 5.74) is 3.56. The number of nitriles is 1. The highest BCUT2D eigenvalue weighted by molar-refractivity contribution is 6.00. The first kappa shape index (κ1) is 20.2. The average molecular weight is 367 g/mol. The van der Waals surface area contributed by atoms with Crippen LogP contribution in [-0.4, -0.2) is 34.9 Å². The molecule has 1 heterocycles. The first-order valence-electron chi connectivity index (χ1n) is 9.02. The van der Waals surface area contributed by atoms with E-state index in [0.29, 0.717) is 34.6 Å². The molecule has 142 valence electrons. The summed E-state index contributed by atoms with van der Waals surface area (Å²) in [7, 11) is 0. The van der Waals surface area contributed by atoms with Gasteiger partial charge >= 0.3 is 5.97 Å². The summed E-state index contributed by atoms with van der Waals surface area (Å²) in [5.74, 6) is -0.600. The van der Waals surface area contributed by atoms with Crippen LogP contribution in [0.4, 0.5) is 0 Å². The Morgan fingerprint density at radius 1 is 1.22 bits per heavy atom. The maximum atomic E-state index is 13.2. The zero-order valence-electron chi connectivity index (χ0n) is 16.4. The van der Waals surface area contributed by atoms with Crippen molar-refractivity contribution in [1.29, 1.82) is 5.26 Å². The standard InChI is InChI=1S/C21H25N3O3/c1-6-24(15(5)17-10-8-16(12-22)9-11-17)20(25)19-13(3)18(14(4)23-19)21(26)27-7-2/h8-11,15,23H,6-7H2,1-5H3. The number of esters is 1. The molecule has 0 aliphatic heterocycles. The van der Waals surface area contributed by atoms with Crippen molar-refractivity contribution in [2.45, 2.75) is 40.7 Å². The molecular formula is C21H25N3O3. The smallest absolute Gasteiger partial charge is 0.340 e. The van der Waals surface area contributed by atoms with E-state index in [4.69, 9.17) is 10.00 Å². The number of ether oxygens (including phenoxy) is 1. The quantitative estimate of drug-likeness (QED) is 0.785. The molecule has 6 heteroatoms. The van der Waals surface area contributed by atoms with E-state index < -0.39 is 5.97 Å². The molecular weight excluding hydrogens is 342 g/mol. The van der Waals surface area contributed by atoms with Crippen molar-refractivity contribution in [1.82, 2.24) is 9.88 Å². The zero-order chi connectivity index (χ0) is 20.1. The Hall–Kier alpha value is -3.07. The topological polar surface area (TPSA) is 86.2 Å². The molecule has 6 nitrogen and oxygen atoms in total. The van der Waals surface area contributed by atoms with Gasteiger partial charge < -0.3 is 14.6 Å². The summed E-state index contributed by atoms with van der Waals surface area (Å²) in [4.78, 5) is 30.1. The molecule has 1 aromatic heterocycles. The highest BCUT2D eigenvalue weighted by Crippen LogP contribution is 2.26. The second kappa shape index (κ2) is 8.54.